The Balaban J connectivity index is 2.04. The van der Waals surface area contributed by atoms with Crippen LogP contribution in [0.1, 0.15) is 31.0 Å². The average Bonchev–Trinajstić information content (AvgIpc) is 2.58. The number of hydrogen-bond acceptors (Lipinski definition) is 3. The van der Waals surface area contributed by atoms with Gasteiger partial charge in [-0.25, -0.2) is 0 Å². The fourth-order valence-corrected chi connectivity index (χ4v) is 2.93. The Morgan fingerprint density at radius 1 is 1.25 bits per heavy atom. The third kappa shape index (κ3) is 2.27. The van der Waals surface area contributed by atoms with Gasteiger partial charge in [-0.2, -0.15) is 0 Å². The van der Waals surface area contributed by atoms with Crippen molar-refractivity contribution >= 4 is 16.8 Å². The summed E-state index contributed by atoms with van der Waals surface area (Å²) in [5.41, 5.74) is 8.10. The van der Waals surface area contributed by atoms with Gasteiger partial charge >= 0.3 is 0 Å². The van der Waals surface area contributed by atoms with E-state index in [9.17, 15) is 4.79 Å². The van der Waals surface area contributed by atoms with E-state index in [0.717, 1.165) is 29.4 Å². The topological polar surface area (TPSA) is 59.2 Å². The predicted molar refractivity (Wildman–Crippen MR) is 79.1 cm³/mol. The average molecular weight is 269 g/mol. The quantitative estimate of drug-likeness (QED) is 0.863. The third-order valence-corrected chi connectivity index (χ3v) is 4.07. The normalized spacial score (nSPS) is 23.9. The molecule has 1 aromatic carbocycles. The Hall–Kier alpha value is -1.94. The van der Waals surface area contributed by atoms with E-state index in [-0.39, 0.29) is 18.0 Å². The van der Waals surface area contributed by atoms with Crippen LogP contribution in [0.3, 0.4) is 0 Å². The first-order valence-electron chi connectivity index (χ1n) is 7.04. The Morgan fingerprint density at radius 3 is 2.90 bits per heavy atom. The number of rotatable bonds is 1. The van der Waals surface area contributed by atoms with Crippen LogP contribution in [0.2, 0.25) is 0 Å². The molecule has 0 bridgehead atoms. The summed E-state index contributed by atoms with van der Waals surface area (Å²) in [7, 11) is 1.83. The van der Waals surface area contributed by atoms with Gasteiger partial charge in [0, 0.05) is 24.9 Å². The smallest absolute Gasteiger partial charge is 0.222 e. The second-order valence-electron chi connectivity index (χ2n) is 5.43. The first-order valence-corrected chi connectivity index (χ1v) is 7.04. The monoisotopic (exact) mass is 269 g/mol. The SMILES string of the molecule is CN1C(=O)CCCC(N)C1c1ccc2ccccc2n1. The van der Waals surface area contributed by atoms with E-state index in [4.69, 9.17) is 10.7 Å². The Labute approximate surface area is 118 Å². The molecule has 1 fully saturated rings. The molecule has 20 heavy (non-hydrogen) atoms. The number of carbonyl (C=O) groups is 1. The first-order chi connectivity index (χ1) is 9.66. The molecule has 104 valence electrons. The Kier molecular flexibility index (Phi) is 3.40. The number of hydrogen-bond donors (Lipinski definition) is 1. The summed E-state index contributed by atoms with van der Waals surface area (Å²) in [5.74, 6) is 0.151. The minimum atomic E-state index is -0.130. The van der Waals surface area contributed by atoms with Gasteiger partial charge in [0.15, 0.2) is 0 Å². The molecule has 0 radical (unpaired) electrons. The predicted octanol–water partition coefficient (Wildman–Crippen LogP) is 2.25. The van der Waals surface area contributed by atoms with Gasteiger partial charge in [0.1, 0.15) is 0 Å². The Morgan fingerprint density at radius 2 is 2.05 bits per heavy atom. The number of carbonyl (C=O) groups excluding carboxylic acids is 1. The van der Waals surface area contributed by atoms with E-state index >= 15 is 0 Å². The highest BCUT2D eigenvalue weighted by molar-refractivity contribution is 5.79. The zero-order valence-corrected chi connectivity index (χ0v) is 11.6. The number of amides is 1. The summed E-state index contributed by atoms with van der Waals surface area (Å²) in [6, 6.07) is 11.8. The van der Waals surface area contributed by atoms with Crippen molar-refractivity contribution < 1.29 is 4.79 Å². The Bertz CT molecular complexity index is 640. The van der Waals surface area contributed by atoms with Crippen molar-refractivity contribution in [3.8, 4) is 0 Å². The maximum atomic E-state index is 12.0. The van der Waals surface area contributed by atoms with Crippen LogP contribution in [0.15, 0.2) is 36.4 Å². The van der Waals surface area contributed by atoms with Crippen LogP contribution in [0.4, 0.5) is 0 Å². The molecule has 4 heteroatoms. The van der Waals surface area contributed by atoms with Gasteiger partial charge in [0.05, 0.1) is 17.3 Å². The number of fused-ring (bicyclic) bond motifs is 1. The van der Waals surface area contributed by atoms with E-state index < -0.39 is 0 Å². The van der Waals surface area contributed by atoms with Crippen LogP contribution < -0.4 is 5.73 Å². The van der Waals surface area contributed by atoms with Crippen molar-refractivity contribution in [1.29, 1.82) is 0 Å². The molecule has 1 amide bonds. The first kappa shape index (κ1) is 13.1. The molecule has 2 N–H and O–H groups in total. The molecule has 0 aliphatic carbocycles. The molecule has 1 aliphatic rings. The van der Waals surface area contributed by atoms with Crippen molar-refractivity contribution in [2.75, 3.05) is 7.05 Å². The van der Waals surface area contributed by atoms with Crippen LogP contribution in [0, 0.1) is 0 Å². The lowest BCUT2D eigenvalue weighted by molar-refractivity contribution is -0.131. The number of pyridine rings is 1. The van der Waals surface area contributed by atoms with E-state index in [1.807, 2.05) is 43.4 Å². The molecule has 2 heterocycles. The lowest BCUT2D eigenvalue weighted by Gasteiger charge is -2.30. The summed E-state index contributed by atoms with van der Waals surface area (Å²) in [6.07, 6.45) is 2.29. The van der Waals surface area contributed by atoms with E-state index in [0.29, 0.717) is 6.42 Å². The molecule has 3 rings (SSSR count). The maximum Gasteiger partial charge on any atom is 0.222 e. The minimum Gasteiger partial charge on any atom is -0.336 e. The molecule has 1 aromatic heterocycles. The molecule has 4 nitrogen and oxygen atoms in total. The summed E-state index contributed by atoms with van der Waals surface area (Å²) < 4.78 is 0. The second kappa shape index (κ2) is 5.21. The molecule has 2 atom stereocenters. The maximum absolute atomic E-state index is 12.0. The van der Waals surface area contributed by atoms with Crippen LogP contribution in [-0.4, -0.2) is 28.9 Å². The van der Waals surface area contributed by atoms with Gasteiger partial charge in [0.25, 0.3) is 0 Å². The van der Waals surface area contributed by atoms with Gasteiger partial charge in [-0.1, -0.05) is 24.3 Å². The number of aromatic nitrogens is 1. The van der Waals surface area contributed by atoms with Crippen LogP contribution >= 0.6 is 0 Å². The fourth-order valence-electron chi connectivity index (χ4n) is 2.93. The summed E-state index contributed by atoms with van der Waals surface area (Å²) >= 11 is 0. The zero-order chi connectivity index (χ0) is 14.1. The highest BCUT2D eigenvalue weighted by atomic mass is 16.2. The van der Waals surface area contributed by atoms with Crippen molar-refractivity contribution in [3.63, 3.8) is 0 Å². The number of nitrogens with two attached hydrogens (primary N) is 1. The molecule has 2 unspecified atom stereocenters. The standard InChI is InChI=1S/C16H19N3O/c1-19-15(20)8-4-6-12(17)16(19)14-10-9-11-5-2-3-7-13(11)18-14/h2-3,5,7,9-10,12,16H,4,6,8,17H2,1H3. The van der Waals surface area contributed by atoms with E-state index in [1.54, 1.807) is 4.90 Å². The fraction of sp³-hybridized carbons (Fsp3) is 0.375. The molecule has 0 saturated carbocycles. The van der Waals surface area contributed by atoms with Crippen molar-refractivity contribution in [1.82, 2.24) is 9.88 Å². The second-order valence-corrected chi connectivity index (χ2v) is 5.43. The number of likely N-dealkylation sites (N-methyl/N-ethyl adjacent to an activating group) is 1. The van der Waals surface area contributed by atoms with Gasteiger partial charge in [-0.3, -0.25) is 9.78 Å². The molecule has 1 aliphatic heterocycles. The zero-order valence-electron chi connectivity index (χ0n) is 11.6. The molecule has 2 aromatic rings. The number of likely N-dealkylation sites (tertiary alicyclic amines) is 1. The summed E-state index contributed by atoms with van der Waals surface area (Å²) in [6.45, 7) is 0. The summed E-state index contributed by atoms with van der Waals surface area (Å²) in [5, 5.41) is 1.10. The van der Waals surface area contributed by atoms with E-state index in [2.05, 4.69) is 0 Å². The molecule has 1 saturated heterocycles. The molecule has 0 spiro atoms. The van der Waals surface area contributed by atoms with Crippen LogP contribution in [-0.2, 0) is 4.79 Å². The molecular formula is C16H19N3O. The number of nitrogens with zero attached hydrogens (tertiary/aromatic N) is 2. The van der Waals surface area contributed by atoms with Crippen LogP contribution in [0.5, 0.6) is 0 Å². The highest BCUT2D eigenvalue weighted by Gasteiger charge is 2.31. The number of benzene rings is 1. The van der Waals surface area contributed by atoms with Gasteiger partial charge in [0.2, 0.25) is 5.91 Å². The minimum absolute atomic E-state index is 0.0555. The van der Waals surface area contributed by atoms with Gasteiger partial charge in [-0.05, 0) is 25.0 Å². The van der Waals surface area contributed by atoms with Crippen molar-refractivity contribution in [2.24, 2.45) is 5.73 Å². The molecular weight excluding hydrogens is 250 g/mol. The highest BCUT2D eigenvalue weighted by Crippen LogP contribution is 2.28. The van der Waals surface area contributed by atoms with Gasteiger partial charge in [-0.15, -0.1) is 0 Å². The van der Waals surface area contributed by atoms with Crippen LogP contribution in [0.25, 0.3) is 10.9 Å². The number of para-hydroxylation sites is 1. The van der Waals surface area contributed by atoms with E-state index in [1.165, 1.54) is 0 Å². The van der Waals surface area contributed by atoms with Crippen molar-refractivity contribution in [2.45, 2.75) is 31.3 Å². The van der Waals surface area contributed by atoms with Gasteiger partial charge < -0.3 is 10.6 Å². The largest absolute Gasteiger partial charge is 0.336 e. The van der Waals surface area contributed by atoms with Crippen molar-refractivity contribution in [3.05, 3.63) is 42.1 Å². The summed E-state index contributed by atoms with van der Waals surface area (Å²) in [4.78, 5) is 18.5. The third-order valence-electron chi connectivity index (χ3n) is 4.07. The lowest BCUT2D eigenvalue weighted by atomic mass is 10.00. The lowest BCUT2D eigenvalue weighted by Crippen LogP contribution is -2.40.